The van der Waals surface area contributed by atoms with Crippen LogP contribution in [-0.2, 0) is 6.54 Å². The molecule has 1 fully saturated rings. The summed E-state index contributed by atoms with van der Waals surface area (Å²) in [7, 11) is 0. The first kappa shape index (κ1) is 17.3. The van der Waals surface area contributed by atoms with E-state index >= 15 is 0 Å². The molecular formula is C17H25Br2NO. The molecule has 2 nitrogen and oxygen atoms in total. The fourth-order valence-electron chi connectivity index (χ4n) is 2.87. The minimum absolute atomic E-state index is 0.336. The zero-order valence-corrected chi connectivity index (χ0v) is 16.3. The molecule has 0 aromatic heterocycles. The van der Waals surface area contributed by atoms with E-state index in [0.717, 1.165) is 52.5 Å². The highest BCUT2D eigenvalue weighted by atomic mass is 79.9. The summed E-state index contributed by atoms with van der Waals surface area (Å²) >= 11 is 7.32. The molecular weight excluding hydrogens is 394 g/mol. The van der Waals surface area contributed by atoms with Crippen molar-refractivity contribution in [1.29, 1.82) is 0 Å². The first-order valence-corrected chi connectivity index (χ1v) is 9.45. The maximum absolute atomic E-state index is 6.28. The van der Waals surface area contributed by atoms with Gasteiger partial charge < -0.3 is 10.1 Å². The lowest BCUT2D eigenvalue weighted by Gasteiger charge is -2.32. The third-order valence-electron chi connectivity index (χ3n) is 4.47. The van der Waals surface area contributed by atoms with Gasteiger partial charge in [-0.2, -0.15) is 0 Å². The van der Waals surface area contributed by atoms with Crippen LogP contribution in [0.1, 0.15) is 45.6 Å². The second kappa shape index (κ2) is 7.98. The first-order chi connectivity index (χ1) is 10.0. The van der Waals surface area contributed by atoms with Crippen molar-refractivity contribution in [3.63, 3.8) is 0 Å². The molecule has 0 saturated heterocycles. The third-order valence-corrected chi connectivity index (χ3v) is 5.65. The number of nitrogens with one attached hydrogen (secondary N) is 1. The van der Waals surface area contributed by atoms with Crippen LogP contribution in [0.2, 0.25) is 0 Å². The van der Waals surface area contributed by atoms with Gasteiger partial charge in [0.1, 0.15) is 5.75 Å². The topological polar surface area (TPSA) is 21.3 Å². The van der Waals surface area contributed by atoms with Gasteiger partial charge in [0, 0.05) is 6.54 Å². The van der Waals surface area contributed by atoms with Crippen molar-refractivity contribution >= 4 is 31.9 Å². The highest BCUT2D eigenvalue weighted by Gasteiger charge is 2.26. The van der Waals surface area contributed by atoms with Gasteiger partial charge in [-0.15, -0.1) is 0 Å². The van der Waals surface area contributed by atoms with Crippen molar-refractivity contribution in [1.82, 2.24) is 5.32 Å². The molecule has 4 heteroatoms. The Kier molecular flexibility index (Phi) is 6.57. The molecule has 1 aromatic rings. The van der Waals surface area contributed by atoms with E-state index in [2.05, 4.69) is 70.1 Å². The van der Waals surface area contributed by atoms with Crippen LogP contribution in [0.3, 0.4) is 0 Å². The highest BCUT2D eigenvalue weighted by molar-refractivity contribution is 9.11. The van der Waals surface area contributed by atoms with Crippen LogP contribution >= 0.6 is 31.9 Å². The third kappa shape index (κ3) is 4.70. The Balaban J connectivity index is 2.06. The monoisotopic (exact) mass is 417 g/mol. The number of ether oxygens (including phenoxy) is 1. The van der Waals surface area contributed by atoms with Crippen molar-refractivity contribution in [2.24, 2.45) is 11.8 Å². The Morgan fingerprint density at radius 3 is 2.38 bits per heavy atom. The lowest BCUT2D eigenvalue weighted by Crippen LogP contribution is -2.29. The van der Waals surface area contributed by atoms with E-state index in [1.807, 2.05) is 0 Å². The Morgan fingerprint density at radius 1 is 1.14 bits per heavy atom. The van der Waals surface area contributed by atoms with Crippen LogP contribution in [-0.4, -0.2) is 12.6 Å². The van der Waals surface area contributed by atoms with Crippen LogP contribution in [0.25, 0.3) is 0 Å². The quantitative estimate of drug-likeness (QED) is 0.679. The molecule has 3 atom stereocenters. The molecule has 0 spiro atoms. The second-order valence-corrected chi connectivity index (χ2v) is 7.89. The predicted molar refractivity (Wildman–Crippen MR) is 95.8 cm³/mol. The van der Waals surface area contributed by atoms with Crippen molar-refractivity contribution in [3.05, 3.63) is 26.6 Å². The minimum atomic E-state index is 0.336. The van der Waals surface area contributed by atoms with Crippen LogP contribution in [0.15, 0.2) is 21.1 Å². The van der Waals surface area contributed by atoms with Crippen LogP contribution in [0, 0.1) is 11.8 Å². The summed E-state index contributed by atoms with van der Waals surface area (Å²) in [4.78, 5) is 0. The van der Waals surface area contributed by atoms with Gasteiger partial charge in [0.05, 0.1) is 15.0 Å². The number of benzene rings is 1. The van der Waals surface area contributed by atoms with Crippen molar-refractivity contribution < 1.29 is 4.74 Å². The predicted octanol–water partition coefficient (Wildman–Crippen LogP) is 5.52. The Bertz CT molecular complexity index is 455. The summed E-state index contributed by atoms with van der Waals surface area (Å²) < 4.78 is 8.36. The molecule has 2 rings (SSSR count). The Morgan fingerprint density at radius 2 is 1.81 bits per heavy atom. The summed E-state index contributed by atoms with van der Waals surface area (Å²) in [6.45, 7) is 8.66. The number of hydrogen-bond donors (Lipinski definition) is 1. The zero-order valence-electron chi connectivity index (χ0n) is 13.1. The van der Waals surface area contributed by atoms with E-state index in [-0.39, 0.29) is 0 Å². The van der Waals surface area contributed by atoms with E-state index in [1.54, 1.807) is 0 Å². The molecule has 0 heterocycles. The molecule has 1 N–H and O–H groups in total. The standard InChI is InChI=1S/C17H25Br2NO/c1-4-20-10-13-8-15(18)17(16(19)9-13)21-14-6-5-11(2)12(3)7-14/h8-9,11-12,14,20H,4-7,10H2,1-3H3. The molecule has 118 valence electrons. The average molecular weight is 419 g/mol. The van der Waals surface area contributed by atoms with Crippen molar-refractivity contribution in [3.8, 4) is 5.75 Å². The summed E-state index contributed by atoms with van der Waals surface area (Å²) in [6, 6.07) is 4.30. The molecule has 1 aliphatic rings. The molecule has 3 unspecified atom stereocenters. The molecule has 0 aliphatic heterocycles. The van der Waals surface area contributed by atoms with Gasteiger partial charge in [-0.05, 0) is 87.2 Å². The molecule has 1 saturated carbocycles. The van der Waals surface area contributed by atoms with E-state index in [9.17, 15) is 0 Å². The van der Waals surface area contributed by atoms with E-state index in [0.29, 0.717) is 6.10 Å². The molecule has 1 aromatic carbocycles. The summed E-state index contributed by atoms with van der Waals surface area (Å²) in [5.74, 6) is 2.51. The fraction of sp³-hybridized carbons (Fsp3) is 0.647. The maximum atomic E-state index is 6.28. The molecule has 1 aliphatic carbocycles. The average Bonchev–Trinajstić information content (AvgIpc) is 2.44. The fourth-order valence-corrected chi connectivity index (χ4v) is 4.34. The van der Waals surface area contributed by atoms with Gasteiger partial charge >= 0.3 is 0 Å². The second-order valence-electron chi connectivity index (χ2n) is 6.18. The minimum Gasteiger partial charge on any atom is -0.488 e. The van der Waals surface area contributed by atoms with E-state index < -0.39 is 0 Å². The number of hydrogen-bond acceptors (Lipinski definition) is 2. The molecule has 0 radical (unpaired) electrons. The van der Waals surface area contributed by atoms with Gasteiger partial charge in [-0.25, -0.2) is 0 Å². The molecule has 21 heavy (non-hydrogen) atoms. The lowest BCUT2D eigenvalue weighted by atomic mass is 9.80. The van der Waals surface area contributed by atoms with Gasteiger partial charge in [-0.3, -0.25) is 0 Å². The van der Waals surface area contributed by atoms with Crippen LogP contribution in [0.4, 0.5) is 0 Å². The van der Waals surface area contributed by atoms with Gasteiger partial charge in [0.2, 0.25) is 0 Å². The summed E-state index contributed by atoms with van der Waals surface area (Å²) in [5, 5.41) is 3.35. The Hall–Kier alpha value is -0.0600. The van der Waals surface area contributed by atoms with Gasteiger partial charge in [0.25, 0.3) is 0 Å². The smallest absolute Gasteiger partial charge is 0.148 e. The number of rotatable bonds is 5. The SMILES string of the molecule is CCNCc1cc(Br)c(OC2CCC(C)C(C)C2)c(Br)c1. The zero-order chi connectivity index (χ0) is 15.4. The highest BCUT2D eigenvalue weighted by Crippen LogP contribution is 2.38. The first-order valence-electron chi connectivity index (χ1n) is 7.86. The summed E-state index contributed by atoms with van der Waals surface area (Å²) in [5.41, 5.74) is 1.26. The van der Waals surface area contributed by atoms with Gasteiger partial charge in [0.15, 0.2) is 0 Å². The van der Waals surface area contributed by atoms with Crippen LogP contribution < -0.4 is 10.1 Å². The number of halogens is 2. The molecule has 0 amide bonds. The van der Waals surface area contributed by atoms with Gasteiger partial charge in [-0.1, -0.05) is 20.8 Å². The molecule has 0 bridgehead atoms. The van der Waals surface area contributed by atoms with Crippen molar-refractivity contribution in [2.45, 2.75) is 52.7 Å². The van der Waals surface area contributed by atoms with Crippen molar-refractivity contribution in [2.75, 3.05) is 6.54 Å². The Labute approximate surface area is 145 Å². The summed E-state index contributed by atoms with van der Waals surface area (Å²) in [6.07, 6.45) is 3.91. The van der Waals surface area contributed by atoms with Crippen LogP contribution in [0.5, 0.6) is 5.75 Å². The normalized spacial score (nSPS) is 25.9. The largest absolute Gasteiger partial charge is 0.488 e. The van der Waals surface area contributed by atoms with E-state index in [1.165, 1.54) is 12.0 Å². The maximum Gasteiger partial charge on any atom is 0.148 e. The lowest BCUT2D eigenvalue weighted by molar-refractivity contribution is 0.0992. The van der Waals surface area contributed by atoms with E-state index in [4.69, 9.17) is 4.74 Å².